The average molecular weight is 188 g/mol. The Labute approximate surface area is 73.5 Å². The minimum Gasteiger partial charge on any atom is -0.506 e. The van der Waals surface area contributed by atoms with Crippen LogP contribution in [0.15, 0.2) is 12.1 Å². The van der Waals surface area contributed by atoms with E-state index in [-0.39, 0.29) is 28.7 Å². The molecule has 0 spiro atoms. The molecule has 0 amide bonds. The number of carbonyl (C=O) groups excluding carboxylic acids is 1. The third-order valence-corrected chi connectivity index (χ3v) is 1.48. The van der Waals surface area contributed by atoms with Crippen LogP contribution in [0.5, 0.6) is 11.5 Å². The lowest BCUT2D eigenvalue weighted by molar-refractivity contribution is -0.120. The summed E-state index contributed by atoms with van der Waals surface area (Å²) in [6.45, 7) is 0.210. The summed E-state index contributed by atoms with van der Waals surface area (Å²) in [5, 5.41) is 9.35. The van der Waals surface area contributed by atoms with E-state index in [1.54, 1.807) is 0 Å². The van der Waals surface area contributed by atoms with E-state index in [1.807, 2.05) is 0 Å². The maximum Gasteiger partial charge on any atom is 0.298 e. The second-order valence-corrected chi connectivity index (χ2v) is 2.49. The van der Waals surface area contributed by atoms with Gasteiger partial charge in [0, 0.05) is 17.2 Å². The van der Waals surface area contributed by atoms with E-state index in [9.17, 15) is 4.79 Å². The first-order valence-electron chi connectivity index (χ1n) is 3.03. The number of anilines is 1. The molecule has 0 saturated heterocycles. The molecular formula is C7H6ClNO3. The Morgan fingerprint density at radius 2 is 2.25 bits per heavy atom. The van der Waals surface area contributed by atoms with Crippen molar-refractivity contribution in [2.24, 2.45) is 0 Å². The molecule has 0 bridgehead atoms. The molecule has 0 aliphatic carbocycles. The van der Waals surface area contributed by atoms with Crippen LogP contribution in [0.1, 0.15) is 0 Å². The molecule has 0 unspecified atom stereocenters. The Bertz CT molecular complexity index is 314. The summed E-state index contributed by atoms with van der Waals surface area (Å²) in [6.07, 6.45) is 0. The fourth-order valence-corrected chi connectivity index (χ4v) is 0.931. The molecule has 12 heavy (non-hydrogen) atoms. The average Bonchev–Trinajstić information content (AvgIpc) is 2.00. The van der Waals surface area contributed by atoms with Gasteiger partial charge in [0.25, 0.3) is 6.47 Å². The maximum absolute atomic E-state index is 9.95. The Balaban J connectivity index is 3.17. The van der Waals surface area contributed by atoms with Crippen LogP contribution in [-0.4, -0.2) is 11.6 Å². The zero-order chi connectivity index (χ0) is 9.14. The molecular weight excluding hydrogens is 182 g/mol. The van der Waals surface area contributed by atoms with Crippen molar-refractivity contribution in [3.63, 3.8) is 0 Å². The minimum atomic E-state index is -0.209. The summed E-state index contributed by atoms with van der Waals surface area (Å²) in [5.74, 6) is -0.158. The summed E-state index contributed by atoms with van der Waals surface area (Å²) in [6, 6.07) is 2.60. The van der Waals surface area contributed by atoms with Gasteiger partial charge in [-0.1, -0.05) is 11.6 Å². The first kappa shape index (κ1) is 8.67. The van der Waals surface area contributed by atoms with Gasteiger partial charge in [0.15, 0.2) is 5.75 Å². The van der Waals surface area contributed by atoms with E-state index in [0.29, 0.717) is 0 Å². The third kappa shape index (κ3) is 1.60. The normalized spacial score (nSPS) is 9.42. The van der Waals surface area contributed by atoms with Crippen molar-refractivity contribution in [2.75, 3.05) is 5.73 Å². The molecule has 64 valence electrons. The second kappa shape index (κ2) is 3.32. The van der Waals surface area contributed by atoms with Gasteiger partial charge in [-0.3, -0.25) is 4.79 Å². The largest absolute Gasteiger partial charge is 0.506 e. The lowest BCUT2D eigenvalue weighted by Gasteiger charge is -2.04. The minimum absolute atomic E-state index is 0.00787. The second-order valence-electron chi connectivity index (χ2n) is 2.05. The lowest BCUT2D eigenvalue weighted by atomic mass is 10.3. The number of hydrogen-bond acceptors (Lipinski definition) is 4. The Kier molecular flexibility index (Phi) is 2.40. The van der Waals surface area contributed by atoms with Gasteiger partial charge in [0.1, 0.15) is 11.4 Å². The highest BCUT2D eigenvalue weighted by Crippen LogP contribution is 2.33. The number of phenols is 1. The summed E-state index contributed by atoms with van der Waals surface area (Å²) >= 11 is 5.55. The molecule has 0 atom stereocenters. The van der Waals surface area contributed by atoms with Crippen LogP contribution in [0.2, 0.25) is 5.02 Å². The van der Waals surface area contributed by atoms with E-state index in [1.165, 1.54) is 12.1 Å². The van der Waals surface area contributed by atoms with Gasteiger partial charge < -0.3 is 15.6 Å². The number of benzene rings is 1. The summed E-state index contributed by atoms with van der Waals surface area (Å²) in [4.78, 5) is 9.95. The van der Waals surface area contributed by atoms with Crippen molar-refractivity contribution in [3.8, 4) is 11.5 Å². The molecule has 0 heterocycles. The number of nitrogens with two attached hydrogens (primary N) is 1. The first-order valence-corrected chi connectivity index (χ1v) is 3.41. The van der Waals surface area contributed by atoms with Crippen molar-refractivity contribution < 1.29 is 14.6 Å². The highest BCUT2D eigenvalue weighted by molar-refractivity contribution is 6.31. The van der Waals surface area contributed by atoms with Crippen LogP contribution in [-0.2, 0) is 4.79 Å². The number of phenolic OH excluding ortho intramolecular Hbond substituents is 1. The van der Waals surface area contributed by atoms with Crippen LogP contribution >= 0.6 is 11.6 Å². The molecule has 1 rings (SSSR count). The number of halogens is 1. The van der Waals surface area contributed by atoms with Gasteiger partial charge in [0.05, 0.1) is 0 Å². The number of aromatic hydroxyl groups is 1. The van der Waals surface area contributed by atoms with Crippen molar-refractivity contribution in [1.82, 2.24) is 0 Å². The third-order valence-electron chi connectivity index (χ3n) is 1.26. The van der Waals surface area contributed by atoms with E-state index >= 15 is 0 Å². The molecule has 0 aliphatic rings. The quantitative estimate of drug-likeness (QED) is 0.414. The fourth-order valence-electron chi connectivity index (χ4n) is 0.729. The predicted molar refractivity (Wildman–Crippen MR) is 44.2 cm³/mol. The number of ether oxygens (including phenoxy) is 1. The van der Waals surface area contributed by atoms with Gasteiger partial charge in [-0.25, -0.2) is 0 Å². The van der Waals surface area contributed by atoms with Gasteiger partial charge >= 0.3 is 0 Å². The monoisotopic (exact) mass is 187 g/mol. The topological polar surface area (TPSA) is 72.6 Å². The molecule has 4 nitrogen and oxygen atoms in total. The molecule has 0 aromatic heterocycles. The van der Waals surface area contributed by atoms with Crippen LogP contribution in [0.4, 0.5) is 5.69 Å². The standard InChI is InChI=1S/C7H6ClNO3/c8-4-1-5(11)7(9)6(2-4)12-3-10/h1-3,11H,9H2. The van der Waals surface area contributed by atoms with Gasteiger partial charge in [-0.2, -0.15) is 0 Å². The van der Waals surface area contributed by atoms with E-state index in [0.717, 1.165) is 0 Å². The maximum atomic E-state index is 9.95. The van der Waals surface area contributed by atoms with Crippen molar-refractivity contribution in [2.45, 2.75) is 0 Å². The zero-order valence-corrected chi connectivity index (χ0v) is 6.71. The molecule has 1 aromatic carbocycles. The van der Waals surface area contributed by atoms with Gasteiger partial charge in [-0.15, -0.1) is 0 Å². The molecule has 0 aliphatic heterocycles. The number of nitrogen functional groups attached to an aromatic ring is 1. The summed E-state index contributed by atoms with van der Waals surface area (Å²) in [7, 11) is 0. The lowest BCUT2D eigenvalue weighted by Crippen LogP contribution is -1.95. The molecule has 1 aromatic rings. The van der Waals surface area contributed by atoms with Gasteiger partial charge in [0.2, 0.25) is 0 Å². The van der Waals surface area contributed by atoms with Gasteiger partial charge in [-0.05, 0) is 0 Å². The van der Waals surface area contributed by atoms with Crippen LogP contribution in [0, 0.1) is 0 Å². The van der Waals surface area contributed by atoms with E-state index in [4.69, 9.17) is 22.4 Å². The molecule has 0 fully saturated rings. The van der Waals surface area contributed by atoms with Crippen LogP contribution in [0.25, 0.3) is 0 Å². The Hall–Kier alpha value is -1.42. The zero-order valence-electron chi connectivity index (χ0n) is 5.95. The molecule has 5 heteroatoms. The first-order chi connectivity index (χ1) is 5.65. The smallest absolute Gasteiger partial charge is 0.298 e. The highest BCUT2D eigenvalue weighted by Gasteiger charge is 2.06. The van der Waals surface area contributed by atoms with Crippen LogP contribution in [0.3, 0.4) is 0 Å². The Morgan fingerprint density at radius 1 is 1.58 bits per heavy atom. The Morgan fingerprint density at radius 3 is 2.83 bits per heavy atom. The SMILES string of the molecule is Nc1c(O)cc(Cl)cc1OC=O. The van der Waals surface area contributed by atoms with Crippen LogP contribution < -0.4 is 10.5 Å². The van der Waals surface area contributed by atoms with Crippen molar-refractivity contribution >= 4 is 23.8 Å². The molecule has 3 N–H and O–H groups in total. The summed E-state index contributed by atoms with van der Waals surface area (Å²) < 4.78 is 4.45. The van der Waals surface area contributed by atoms with Crippen molar-refractivity contribution in [1.29, 1.82) is 0 Å². The highest BCUT2D eigenvalue weighted by atomic mass is 35.5. The number of hydrogen-bond donors (Lipinski definition) is 2. The van der Waals surface area contributed by atoms with E-state index in [2.05, 4.69) is 4.74 Å². The predicted octanol–water partition coefficient (Wildman–Crippen LogP) is 1.16. The molecule has 0 saturated carbocycles. The summed E-state index contributed by atoms with van der Waals surface area (Å²) in [5.41, 5.74) is 5.34. The molecule has 0 radical (unpaired) electrons. The van der Waals surface area contributed by atoms with Crippen molar-refractivity contribution in [3.05, 3.63) is 17.2 Å². The van der Waals surface area contributed by atoms with E-state index < -0.39 is 0 Å². The number of rotatable bonds is 2. The number of carbonyl (C=O) groups is 1. The fraction of sp³-hybridized carbons (Fsp3) is 0.